The van der Waals surface area contributed by atoms with Crippen LogP contribution in [-0.2, 0) is 9.53 Å². The summed E-state index contributed by atoms with van der Waals surface area (Å²) in [7, 11) is 0. The fourth-order valence-electron chi connectivity index (χ4n) is 2.81. The van der Waals surface area contributed by atoms with Crippen LogP contribution in [-0.4, -0.2) is 67.1 Å². The SMILES string of the molecule is O=CC1CCN(c2nccc(C#CCN3CCOCC3)n2)CC1. The van der Waals surface area contributed by atoms with Gasteiger partial charge in [0.1, 0.15) is 12.0 Å². The highest BCUT2D eigenvalue weighted by Gasteiger charge is 2.20. The number of carbonyl (C=O) groups is 1. The van der Waals surface area contributed by atoms with Gasteiger partial charge in [0.2, 0.25) is 5.95 Å². The minimum atomic E-state index is 0.183. The average molecular weight is 314 g/mol. The summed E-state index contributed by atoms with van der Waals surface area (Å²) in [4.78, 5) is 24.1. The van der Waals surface area contributed by atoms with Gasteiger partial charge in [0.15, 0.2) is 0 Å². The number of aromatic nitrogens is 2. The molecule has 0 amide bonds. The molecule has 1 aromatic rings. The quantitative estimate of drug-likeness (QED) is 0.601. The minimum Gasteiger partial charge on any atom is -0.379 e. The molecule has 0 N–H and O–H groups in total. The second-order valence-electron chi connectivity index (χ2n) is 5.89. The molecular weight excluding hydrogens is 292 g/mol. The third-order valence-corrected chi connectivity index (χ3v) is 4.28. The van der Waals surface area contributed by atoms with Crippen LogP contribution in [0.1, 0.15) is 18.5 Å². The second kappa shape index (κ2) is 8.04. The second-order valence-corrected chi connectivity index (χ2v) is 5.89. The highest BCUT2D eigenvalue weighted by molar-refractivity contribution is 5.54. The molecule has 2 saturated heterocycles. The van der Waals surface area contributed by atoms with Crippen molar-refractivity contribution in [3.63, 3.8) is 0 Å². The van der Waals surface area contributed by atoms with Gasteiger partial charge in [-0.3, -0.25) is 4.90 Å². The first-order valence-corrected chi connectivity index (χ1v) is 8.17. The van der Waals surface area contributed by atoms with Crippen molar-refractivity contribution in [3.8, 4) is 11.8 Å². The monoisotopic (exact) mass is 314 g/mol. The van der Waals surface area contributed by atoms with Gasteiger partial charge >= 0.3 is 0 Å². The molecule has 2 aliphatic heterocycles. The van der Waals surface area contributed by atoms with Gasteiger partial charge in [0.25, 0.3) is 0 Å². The highest BCUT2D eigenvalue weighted by atomic mass is 16.5. The van der Waals surface area contributed by atoms with E-state index in [1.807, 2.05) is 6.07 Å². The number of hydrogen-bond acceptors (Lipinski definition) is 6. The summed E-state index contributed by atoms with van der Waals surface area (Å²) >= 11 is 0. The fraction of sp³-hybridized carbons (Fsp3) is 0.588. The molecular formula is C17H22N4O2. The van der Waals surface area contributed by atoms with Crippen LogP contribution in [0.3, 0.4) is 0 Å². The van der Waals surface area contributed by atoms with Crippen LogP contribution in [0.15, 0.2) is 12.3 Å². The summed E-state index contributed by atoms with van der Waals surface area (Å²) in [6, 6.07) is 1.84. The number of aldehydes is 1. The van der Waals surface area contributed by atoms with Crippen molar-refractivity contribution in [1.29, 1.82) is 0 Å². The highest BCUT2D eigenvalue weighted by Crippen LogP contribution is 2.18. The first kappa shape index (κ1) is 15.9. The van der Waals surface area contributed by atoms with Crippen LogP contribution >= 0.6 is 0 Å². The first-order valence-electron chi connectivity index (χ1n) is 8.17. The van der Waals surface area contributed by atoms with Crippen LogP contribution < -0.4 is 4.90 Å². The van der Waals surface area contributed by atoms with E-state index >= 15 is 0 Å². The lowest BCUT2D eigenvalue weighted by molar-refractivity contribution is -0.111. The summed E-state index contributed by atoms with van der Waals surface area (Å²) < 4.78 is 5.33. The van der Waals surface area contributed by atoms with Gasteiger partial charge < -0.3 is 14.4 Å². The van der Waals surface area contributed by atoms with E-state index in [4.69, 9.17) is 4.74 Å². The first-order chi connectivity index (χ1) is 11.3. The number of morpholine rings is 1. The topological polar surface area (TPSA) is 58.6 Å². The zero-order chi connectivity index (χ0) is 15.9. The maximum Gasteiger partial charge on any atom is 0.226 e. The largest absolute Gasteiger partial charge is 0.379 e. The van der Waals surface area contributed by atoms with Crippen molar-refractivity contribution in [1.82, 2.24) is 14.9 Å². The normalized spacial score (nSPS) is 19.9. The number of piperidine rings is 1. The van der Waals surface area contributed by atoms with Gasteiger partial charge in [-0.1, -0.05) is 5.92 Å². The number of carbonyl (C=O) groups excluding carboxylic acids is 1. The molecule has 3 heterocycles. The fourth-order valence-corrected chi connectivity index (χ4v) is 2.81. The summed E-state index contributed by atoms with van der Waals surface area (Å²) in [6.07, 6.45) is 4.57. The van der Waals surface area contributed by atoms with Crippen molar-refractivity contribution in [3.05, 3.63) is 18.0 Å². The van der Waals surface area contributed by atoms with Crippen molar-refractivity contribution in [2.75, 3.05) is 50.8 Å². The lowest BCUT2D eigenvalue weighted by Gasteiger charge is -2.29. The number of rotatable bonds is 3. The molecule has 1 aromatic heterocycles. The van der Waals surface area contributed by atoms with Crippen molar-refractivity contribution in [2.45, 2.75) is 12.8 Å². The Labute approximate surface area is 136 Å². The Morgan fingerprint density at radius 1 is 1.26 bits per heavy atom. The molecule has 23 heavy (non-hydrogen) atoms. The molecule has 2 fully saturated rings. The molecule has 122 valence electrons. The Balaban J connectivity index is 1.58. The zero-order valence-electron chi connectivity index (χ0n) is 13.3. The Hall–Kier alpha value is -1.97. The maximum atomic E-state index is 10.8. The molecule has 6 heteroatoms. The number of nitrogens with zero attached hydrogens (tertiary/aromatic N) is 4. The summed E-state index contributed by atoms with van der Waals surface area (Å²) in [5.41, 5.74) is 0.751. The average Bonchev–Trinajstić information content (AvgIpc) is 2.63. The molecule has 0 bridgehead atoms. The van der Waals surface area contributed by atoms with E-state index in [1.54, 1.807) is 6.20 Å². The van der Waals surface area contributed by atoms with Crippen LogP contribution in [0.4, 0.5) is 5.95 Å². The van der Waals surface area contributed by atoms with Crippen LogP contribution in [0, 0.1) is 17.8 Å². The lowest BCUT2D eigenvalue weighted by atomic mass is 9.99. The Bertz CT molecular complexity index is 582. The molecule has 0 saturated carbocycles. The predicted octanol–water partition coefficient (Wildman–Crippen LogP) is 0.576. The molecule has 0 radical (unpaired) electrons. The van der Waals surface area contributed by atoms with Gasteiger partial charge in [-0.2, -0.15) is 0 Å². The van der Waals surface area contributed by atoms with Gasteiger partial charge in [-0.25, -0.2) is 9.97 Å². The van der Waals surface area contributed by atoms with Crippen LogP contribution in [0.5, 0.6) is 0 Å². The van der Waals surface area contributed by atoms with Gasteiger partial charge in [-0.15, -0.1) is 0 Å². The van der Waals surface area contributed by atoms with Gasteiger partial charge in [0, 0.05) is 38.3 Å². The van der Waals surface area contributed by atoms with Crippen molar-refractivity contribution in [2.24, 2.45) is 5.92 Å². The molecule has 0 unspecified atom stereocenters. The number of ether oxygens (including phenoxy) is 1. The van der Waals surface area contributed by atoms with Crippen LogP contribution in [0.25, 0.3) is 0 Å². The molecule has 2 aliphatic rings. The Kier molecular flexibility index (Phi) is 5.56. The maximum absolute atomic E-state index is 10.8. The van der Waals surface area contributed by atoms with Crippen LogP contribution in [0.2, 0.25) is 0 Å². The zero-order valence-corrected chi connectivity index (χ0v) is 13.3. The van der Waals surface area contributed by atoms with E-state index in [0.717, 1.165) is 70.8 Å². The van der Waals surface area contributed by atoms with Gasteiger partial charge in [-0.05, 0) is 24.8 Å². The van der Waals surface area contributed by atoms with Crippen molar-refractivity contribution < 1.29 is 9.53 Å². The standard InChI is InChI=1S/C17H22N4O2/c22-14-15-4-8-21(9-5-15)17-18-6-3-16(19-17)2-1-7-20-10-12-23-13-11-20/h3,6,14-15H,4-5,7-13H2. The van der Waals surface area contributed by atoms with E-state index in [0.29, 0.717) is 5.95 Å². The smallest absolute Gasteiger partial charge is 0.226 e. The van der Waals surface area contributed by atoms with E-state index in [1.165, 1.54) is 0 Å². The molecule has 0 spiro atoms. The van der Waals surface area contributed by atoms with Crippen molar-refractivity contribution >= 4 is 12.2 Å². The third kappa shape index (κ3) is 4.50. The molecule has 0 aliphatic carbocycles. The molecule has 6 nitrogen and oxygen atoms in total. The molecule has 0 aromatic carbocycles. The summed E-state index contributed by atoms with van der Waals surface area (Å²) in [5.74, 6) is 7.21. The summed E-state index contributed by atoms with van der Waals surface area (Å²) in [5, 5.41) is 0. The molecule has 0 atom stereocenters. The summed E-state index contributed by atoms with van der Waals surface area (Å²) in [6.45, 7) is 5.85. The number of anilines is 1. The molecule has 3 rings (SSSR count). The predicted molar refractivity (Wildman–Crippen MR) is 87.2 cm³/mol. The van der Waals surface area contributed by atoms with E-state index < -0.39 is 0 Å². The lowest BCUT2D eigenvalue weighted by Crippen LogP contribution is -2.36. The minimum absolute atomic E-state index is 0.183. The van der Waals surface area contributed by atoms with E-state index in [2.05, 4.69) is 31.6 Å². The van der Waals surface area contributed by atoms with E-state index in [9.17, 15) is 4.79 Å². The Morgan fingerprint density at radius 2 is 2.04 bits per heavy atom. The van der Waals surface area contributed by atoms with Gasteiger partial charge in [0.05, 0.1) is 19.8 Å². The van der Waals surface area contributed by atoms with E-state index in [-0.39, 0.29) is 5.92 Å². The Morgan fingerprint density at radius 3 is 2.78 bits per heavy atom. The number of hydrogen-bond donors (Lipinski definition) is 0. The third-order valence-electron chi connectivity index (χ3n) is 4.28.